The highest BCUT2D eigenvalue weighted by atomic mass is 16.5. The Bertz CT molecular complexity index is 1640. The van der Waals surface area contributed by atoms with E-state index in [2.05, 4.69) is 15.0 Å². The standard InChI is InChI=1S/C26H18N4O3/c1-33-21-13-17-20(12-18(21)24-19(14-27)25(31)30-26(32)29-24)28-23(16-10-6-3-7-11-16)22(17)15-8-4-2-5-9-15/h2-13,28H,1H3,(H2,29,30,31,32). The molecule has 5 aromatic rings. The first-order chi connectivity index (χ1) is 16.1. The Labute approximate surface area is 187 Å². The monoisotopic (exact) mass is 434 g/mol. The van der Waals surface area contributed by atoms with Crippen molar-refractivity contribution in [3.63, 3.8) is 0 Å². The van der Waals surface area contributed by atoms with Crippen LogP contribution in [0.15, 0.2) is 82.4 Å². The molecule has 3 aromatic carbocycles. The van der Waals surface area contributed by atoms with E-state index in [9.17, 15) is 14.9 Å². The molecule has 2 aromatic heterocycles. The van der Waals surface area contributed by atoms with Crippen molar-refractivity contribution < 1.29 is 4.74 Å². The topological polar surface area (TPSA) is 115 Å². The molecule has 0 saturated carbocycles. The third kappa shape index (κ3) is 3.40. The number of ether oxygens (including phenoxy) is 1. The minimum atomic E-state index is -0.750. The van der Waals surface area contributed by atoms with Gasteiger partial charge in [-0.15, -0.1) is 0 Å². The lowest BCUT2D eigenvalue weighted by Gasteiger charge is -2.11. The number of nitrogens with zero attached hydrogens (tertiary/aromatic N) is 1. The van der Waals surface area contributed by atoms with Crippen LogP contribution in [0, 0.1) is 11.3 Å². The molecule has 0 bridgehead atoms. The third-order valence-corrected chi connectivity index (χ3v) is 5.57. The summed E-state index contributed by atoms with van der Waals surface area (Å²) in [7, 11) is 1.51. The van der Waals surface area contributed by atoms with E-state index in [1.54, 1.807) is 6.07 Å². The zero-order valence-electron chi connectivity index (χ0n) is 17.6. The number of hydrogen-bond donors (Lipinski definition) is 3. The first kappa shape index (κ1) is 20.1. The fourth-order valence-corrected chi connectivity index (χ4v) is 4.11. The summed E-state index contributed by atoms with van der Waals surface area (Å²) in [5.41, 5.74) is 3.65. The van der Waals surface area contributed by atoms with Crippen molar-refractivity contribution >= 4 is 10.9 Å². The highest BCUT2D eigenvalue weighted by Crippen LogP contribution is 2.42. The van der Waals surface area contributed by atoms with Gasteiger partial charge in [-0.3, -0.25) is 9.78 Å². The van der Waals surface area contributed by atoms with Crippen molar-refractivity contribution in [3.05, 3.63) is 99.2 Å². The Morgan fingerprint density at radius 1 is 0.818 bits per heavy atom. The van der Waals surface area contributed by atoms with Crippen molar-refractivity contribution in [2.24, 2.45) is 0 Å². The molecule has 0 radical (unpaired) electrons. The molecule has 33 heavy (non-hydrogen) atoms. The average Bonchev–Trinajstić information content (AvgIpc) is 3.22. The summed E-state index contributed by atoms with van der Waals surface area (Å²) in [4.78, 5) is 32.3. The van der Waals surface area contributed by atoms with Crippen molar-refractivity contribution in [3.8, 4) is 45.5 Å². The lowest BCUT2D eigenvalue weighted by atomic mass is 9.97. The van der Waals surface area contributed by atoms with Gasteiger partial charge in [-0.2, -0.15) is 5.26 Å². The smallest absolute Gasteiger partial charge is 0.326 e. The van der Waals surface area contributed by atoms with E-state index in [1.165, 1.54) is 7.11 Å². The third-order valence-electron chi connectivity index (χ3n) is 5.57. The highest BCUT2D eigenvalue weighted by molar-refractivity contribution is 6.06. The number of nitrogens with one attached hydrogen (secondary N) is 3. The van der Waals surface area contributed by atoms with Gasteiger partial charge >= 0.3 is 5.69 Å². The van der Waals surface area contributed by atoms with Gasteiger partial charge in [-0.25, -0.2) is 4.79 Å². The predicted octanol–water partition coefficient (Wildman–Crippen LogP) is 4.43. The van der Waals surface area contributed by atoms with Crippen LogP contribution in [-0.4, -0.2) is 22.1 Å². The predicted molar refractivity (Wildman–Crippen MR) is 127 cm³/mol. The molecule has 0 aliphatic carbocycles. The number of methoxy groups -OCH3 is 1. The van der Waals surface area contributed by atoms with Crippen molar-refractivity contribution in [2.45, 2.75) is 0 Å². The molecule has 3 N–H and O–H groups in total. The van der Waals surface area contributed by atoms with E-state index in [0.717, 1.165) is 33.3 Å². The number of aromatic nitrogens is 3. The molecular formula is C26H18N4O3. The normalized spacial score (nSPS) is 10.8. The van der Waals surface area contributed by atoms with E-state index in [1.807, 2.05) is 72.8 Å². The van der Waals surface area contributed by atoms with E-state index < -0.39 is 11.2 Å². The van der Waals surface area contributed by atoms with Gasteiger partial charge in [-0.1, -0.05) is 60.7 Å². The molecule has 0 aliphatic rings. The maximum atomic E-state index is 12.2. The summed E-state index contributed by atoms with van der Waals surface area (Å²) in [6.07, 6.45) is 0. The van der Waals surface area contributed by atoms with Gasteiger partial charge in [0.25, 0.3) is 5.56 Å². The Balaban J connectivity index is 1.87. The molecule has 0 unspecified atom stereocenters. The Morgan fingerprint density at radius 2 is 1.48 bits per heavy atom. The largest absolute Gasteiger partial charge is 0.496 e. The quantitative estimate of drug-likeness (QED) is 0.388. The van der Waals surface area contributed by atoms with Gasteiger partial charge in [0.05, 0.1) is 18.5 Å². The molecule has 0 saturated heterocycles. The fourth-order valence-electron chi connectivity index (χ4n) is 4.11. The van der Waals surface area contributed by atoms with Gasteiger partial charge in [0, 0.05) is 22.0 Å². The summed E-state index contributed by atoms with van der Waals surface area (Å²) >= 11 is 0. The van der Waals surface area contributed by atoms with Crippen LogP contribution in [0.25, 0.3) is 44.5 Å². The van der Waals surface area contributed by atoms with E-state index in [0.29, 0.717) is 11.3 Å². The molecule has 2 heterocycles. The number of hydrogen-bond acceptors (Lipinski definition) is 4. The average molecular weight is 434 g/mol. The van der Waals surface area contributed by atoms with E-state index >= 15 is 0 Å². The maximum Gasteiger partial charge on any atom is 0.326 e. The van der Waals surface area contributed by atoms with Gasteiger partial charge in [-0.05, 0) is 23.3 Å². The summed E-state index contributed by atoms with van der Waals surface area (Å²) < 4.78 is 5.64. The minimum absolute atomic E-state index is 0.113. The number of fused-ring (bicyclic) bond motifs is 1. The van der Waals surface area contributed by atoms with Crippen LogP contribution in [0.2, 0.25) is 0 Å². The van der Waals surface area contributed by atoms with Crippen LogP contribution in [0.1, 0.15) is 5.56 Å². The second kappa shape index (κ2) is 8.02. The maximum absolute atomic E-state index is 12.2. The van der Waals surface area contributed by atoms with Crippen molar-refractivity contribution in [1.82, 2.24) is 15.0 Å². The van der Waals surface area contributed by atoms with Gasteiger partial charge in [0.1, 0.15) is 17.4 Å². The van der Waals surface area contributed by atoms with Crippen molar-refractivity contribution in [2.75, 3.05) is 7.11 Å². The van der Waals surface area contributed by atoms with Gasteiger partial charge in [0.2, 0.25) is 0 Å². The second-order valence-corrected chi connectivity index (χ2v) is 7.48. The van der Waals surface area contributed by atoms with E-state index in [4.69, 9.17) is 4.74 Å². The summed E-state index contributed by atoms with van der Waals surface area (Å²) in [5.74, 6) is 0.427. The highest BCUT2D eigenvalue weighted by Gasteiger charge is 2.21. The first-order valence-corrected chi connectivity index (χ1v) is 10.2. The number of H-pyrrole nitrogens is 3. The number of aromatic amines is 3. The SMILES string of the molecule is COc1cc2c(-c3ccccc3)c(-c3ccccc3)[nH]c2cc1-c1[nH]c(=O)[nH]c(=O)c1C#N. The zero-order valence-corrected chi connectivity index (χ0v) is 17.6. The van der Waals surface area contributed by atoms with Gasteiger partial charge < -0.3 is 14.7 Å². The molecule has 160 valence electrons. The van der Waals surface area contributed by atoms with Crippen LogP contribution >= 0.6 is 0 Å². The fraction of sp³-hybridized carbons (Fsp3) is 0.0385. The summed E-state index contributed by atoms with van der Waals surface area (Å²) in [5, 5.41) is 10.4. The Hall–Kier alpha value is -4.83. The molecule has 7 heteroatoms. The molecule has 0 aliphatic heterocycles. The number of rotatable bonds is 4. The molecule has 0 amide bonds. The van der Waals surface area contributed by atoms with Crippen LogP contribution in [0.3, 0.4) is 0 Å². The minimum Gasteiger partial charge on any atom is -0.496 e. The van der Waals surface area contributed by atoms with Gasteiger partial charge in [0.15, 0.2) is 0 Å². The lowest BCUT2D eigenvalue weighted by molar-refractivity contribution is 0.417. The molecule has 0 fully saturated rings. The summed E-state index contributed by atoms with van der Waals surface area (Å²) in [6, 6.07) is 25.5. The number of nitriles is 1. The van der Waals surface area contributed by atoms with Crippen LogP contribution < -0.4 is 16.0 Å². The van der Waals surface area contributed by atoms with E-state index in [-0.39, 0.29) is 11.3 Å². The van der Waals surface area contributed by atoms with Crippen LogP contribution in [0.5, 0.6) is 5.75 Å². The molecule has 7 nitrogen and oxygen atoms in total. The zero-order chi connectivity index (χ0) is 22.9. The van der Waals surface area contributed by atoms with Crippen LogP contribution in [0.4, 0.5) is 0 Å². The Morgan fingerprint density at radius 3 is 2.12 bits per heavy atom. The summed E-state index contributed by atoms with van der Waals surface area (Å²) in [6.45, 7) is 0. The number of benzene rings is 3. The molecule has 0 atom stereocenters. The molecule has 0 spiro atoms. The van der Waals surface area contributed by atoms with Crippen molar-refractivity contribution in [1.29, 1.82) is 5.26 Å². The first-order valence-electron chi connectivity index (χ1n) is 10.2. The second-order valence-electron chi connectivity index (χ2n) is 7.48. The molecular weight excluding hydrogens is 416 g/mol. The molecule has 5 rings (SSSR count). The Kier molecular flexibility index (Phi) is 4.88. The lowest BCUT2D eigenvalue weighted by Crippen LogP contribution is -2.25. The van der Waals surface area contributed by atoms with Crippen LogP contribution in [-0.2, 0) is 0 Å².